The number of unbranched alkanes of at least 4 members (excludes halogenated alkanes) is 1. The second-order valence-corrected chi connectivity index (χ2v) is 7.07. The van der Waals surface area contributed by atoms with Crippen LogP contribution in [0.5, 0.6) is 0 Å². The highest BCUT2D eigenvalue weighted by Crippen LogP contribution is 2.14. The summed E-state index contributed by atoms with van der Waals surface area (Å²) in [5, 5.41) is 3.03. The number of rotatable bonds is 7. The lowest BCUT2D eigenvalue weighted by molar-refractivity contribution is 0.520. The lowest BCUT2D eigenvalue weighted by atomic mass is 10.2. The van der Waals surface area contributed by atoms with Crippen molar-refractivity contribution in [2.45, 2.75) is 31.2 Å². The molecule has 0 amide bonds. The minimum atomic E-state index is -3.38. The van der Waals surface area contributed by atoms with Gasteiger partial charge in [-0.2, -0.15) is 0 Å². The van der Waals surface area contributed by atoms with Gasteiger partial charge < -0.3 is 11.1 Å². The van der Waals surface area contributed by atoms with E-state index in [1.807, 2.05) is 0 Å². The van der Waals surface area contributed by atoms with Crippen molar-refractivity contribution in [2.75, 3.05) is 20.6 Å². The molecular weight excluding hydrogens is 288 g/mol. The number of nitrogens with two attached hydrogens (primary N) is 1. The third-order valence-electron chi connectivity index (χ3n) is 2.97. The number of hydrogen-bond acceptors (Lipinski definition) is 3. The third kappa shape index (κ3) is 5.35. The van der Waals surface area contributed by atoms with Crippen LogP contribution in [0, 0.1) is 0 Å². The molecule has 21 heavy (non-hydrogen) atoms. The first-order valence-electron chi connectivity index (χ1n) is 6.93. The van der Waals surface area contributed by atoms with Crippen LogP contribution in [0.15, 0.2) is 34.2 Å². The topological polar surface area (TPSA) is 87.8 Å². The Labute approximate surface area is 127 Å². The molecule has 0 spiro atoms. The Morgan fingerprint density at radius 2 is 1.90 bits per heavy atom. The van der Waals surface area contributed by atoms with Crippen molar-refractivity contribution < 1.29 is 8.42 Å². The first-order chi connectivity index (χ1) is 9.87. The van der Waals surface area contributed by atoms with Crippen molar-refractivity contribution >= 4 is 16.0 Å². The summed E-state index contributed by atoms with van der Waals surface area (Å²) in [6, 6.07) is 6.67. The van der Waals surface area contributed by atoms with E-state index in [-0.39, 0.29) is 4.90 Å². The summed E-state index contributed by atoms with van der Waals surface area (Å²) in [5.41, 5.74) is 6.65. The molecule has 1 rings (SSSR count). The Morgan fingerprint density at radius 3 is 2.43 bits per heavy atom. The van der Waals surface area contributed by atoms with Crippen LogP contribution in [0.3, 0.4) is 0 Å². The number of hydrogen-bond donors (Lipinski definition) is 2. The minimum Gasteiger partial charge on any atom is -0.370 e. The van der Waals surface area contributed by atoms with E-state index in [4.69, 9.17) is 5.73 Å². The third-order valence-corrected chi connectivity index (χ3v) is 4.80. The van der Waals surface area contributed by atoms with Gasteiger partial charge in [0.25, 0.3) is 0 Å². The molecule has 7 heteroatoms. The molecule has 0 saturated carbocycles. The Bertz CT molecular complexity index is 565. The lowest BCUT2D eigenvalue weighted by Crippen LogP contribution is -2.32. The Balaban J connectivity index is 2.65. The van der Waals surface area contributed by atoms with Crippen LogP contribution in [-0.2, 0) is 16.6 Å². The standard InChI is InChI=1S/C14H24N4O2S/c1-4-5-10-16-14(15)17-11-12-6-8-13(9-7-12)21(19,20)18(2)3/h6-9H,4-5,10-11H2,1-3H3,(H3,15,16,17). The van der Waals surface area contributed by atoms with Crippen LogP contribution in [0.1, 0.15) is 25.3 Å². The maximum absolute atomic E-state index is 11.9. The molecule has 0 bridgehead atoms. The first-order valence-corrected chi connectivity index (χ1v) is 8.37. The quantitative estimate of drug-likeness (QED) is 0.449. The van der Waals surface area contributed by atoms with Crippen LogP contribution >= 0.6 is 0 Å². The number of nitrogens with zero attached hydrogens (tertiary/aromatic N) is 2. The highest BCUT2D eigenvalue weighted by molar-refractivity contribution is 7.89. The van der Waals surface area contributed by atoms with Crippen molar-refractivity contribution in [3.8, 4) is 0 Å². The summed E-state index contributed by atoms with van der Waals surface area (Å²) < 4.78 is 25.0. The zero-order valence-electron chi connectivity index (χ0n) is 12.8. The van der Waals surface area contributed by atoms with Crippen LogP contribution in [0.2, 0.25) is 0 Å². The summed E-state index contributed by atoms with van der Waals surface area (Å²) in [5.74, 6) is 0.411. The Hall–Kier alpha value is -1.60. The van der Waals surface area contributed by atoms with Crippen LogP contribution < -0.4 is 11.1 Å². The summed E-state index contributed by atoms with van der Waals surface area (Å²) in [7, 11) is -0.359. The monoisotopic (exact) mass is 312 g/mol. The molecule has 0 aliphatic carbocycles. The SMILES string of the molecule is CCCCNC(N)=NCc1ccc(S(=O)(=O)N(C)C)cc1. The maximum atomic E-state index is 11.9. The van der Waals surface area contributed by atoms with Crippen molar-refractivity contribution in [1.29, 1.82) is 0 Å². The van der Waals surface area contributed by atoms with Gasteiger partial charge in [-0.1, -0.05) is 25.5 Å². The van der Waals surface area contributed by atoms with Crippen molar-refractivity contribution in [1.82, 2.24) is 9.62 Å². The van der Waals surface area contributed by atoms with E-state index in [1.54, 1.807) is 24.3 Å². The lowest BCUT2D eigenvalue weighted by Gasteiger charge is -2.11. The summed E-state index contributed by atoms with van der Waals surface area (Å²) in [6.45, 7) is 3.34. The minimum absolute atomic E-state index is 0.272. The van der Waals surface area contributed by atoms with Gasteiger partial charge in [0.05, 0.1) is 11.4 Å². The van der Waals surface area contributed by atoms with Gasteiger partial charge in [0.1, 0.15) is 0 Å². The normalized spacial score (nSPS) is 12.7. The molecule has 0 radical (unpaired) electrons. The van der Waals surface area contributed by atoms with Gasteiger partial charge in [0.15, 0.2) is 5.96 Å². The first kappa shape index (κ1) is 17.5. The molecule has 1 aromatic rings. The van der Waals surface area contributed by atoms with E-state index in [0.717, 1.165) is 24.9 Å². The second kappa shape index (κ2) is 7.99. The number of nitrogens with one attached hydrogen (secondary N) is 1. The smallest absolute Gasteiger partial charge is 0.242 e. The van der Waals surface area contributed by atoms with Gasteiger partial charge in [0.2, 0.25) is 10.0 Å². The highest BCUT2D eigenvalue weighted by atomic mass is 32.2. The molecule has 0 aliphatic heterocycles. The van der Waals surface area contributed by atoms with Crippen molar-refractivity contribution in [3.63, 3.8) is 0 Å². The van der Waals surface area contributed by atoms with Crippen LogP contribution in [0.25, 0.3) is 0 Å². The summed E-state index contributed by atoms with van der Waals surface area (Å²) in [6.07, 6.45) is 2.15. The molecule has 0 unspecified atom stereocenters. The van der Waals surface area contributed by atoms with E-state index in [2.05, 4.69) is 17.2 Å². The molecule has 1 aromatic carbocycles. The van der Waals surface area contributed by atoms with Gasteiger partial charge in [-0.3, -0.25) is 0 Å². The molecule has 0 heterocycles. The zero-order valence-corrected chi connectivity index (χ0v) is 13.7. The molecule has 6 nitrogen and oxygen atoms in total. The van der Waals surface area contributed by atoms with Gasteiger partial charge in [-0.05, 0) is 24.1 Å². The molecular formula is C14H24N4O2S. The molecule has 0 saturated heterocycles. The number of aliphatic imine (C=N–C) groups is 1. The van der Waals surface area contributed by atoms with E-state index < -0.39 is 10.0 Å². The number of guanidine groups is 1. The Morgan fingerprint density at radius 1 is 1.29 bits per heavy atom. The largest absolute Gasteiger partial charge is 0.370 e. The summed E-state index contributed by atoms with van der Waals surface area (Å²) >= 11 is 0. The van der Waals surface area contributed by atoms with E-state index in [9.17, 15) is 8.42 Å². The molecule has 0 fully saturated rings. The van der Waals surface area contributed by atoms with Gasteiger partial charge in [0, 0.05) is 20.6 Å². The van der Waals surface area contributed by atoms with E-state index in [1.165, 1.54) is 18.4 Å². The van der Waals surface area contributed by atoms with E-state index >= 15 is 0 Å². The molecule has 0 aliphatic rings. The molecule has 118 valence electrons. The van der Waals surface area contributed by atoms with Crippen LogP contribution in [0.4, 0.5) is 0 Å². The predicted octanol–water partition coefficient (Wildman–Crippen LogP) is 1.14. The highest BCUT2D eigenvalue weighted by Gasteiger charge is 2.16. The number of benzene rings is 1. The fraction of sp³-hybridized carbons (Fsp3) is 0.500. The predicted molar refractivity (Wildman–Crippen MR) is 85.6 cm³/mol. The van der Waals surface area contributed by atoms with Gasteiger partial charge >= 0.3 is 0 Å². The number of sulfonamides is 1. The molecule has 0 aromatic heterocycles. The Kier molecular flexibility index (Phi) is 6.64. The second-order valence-electron chi connectivity index (χ2n) is 4.91. The van der Waals surface area contributed by atoms with Crippen molar-refractivity contribution in [2.24, 2.45) is 10.7 Å². The summed E-state index contributed by atoms with van der Waals surface area (Å²) in [4.78, 5) is 4.49. The fourth-order valence-corrected chi connectivity index (χ4v) is 2.50. The molecule has 3 N–H and O–H groups in total. The van der Waals surface area contributed by atoms with E-state index in [0.29, 0.717) is 12.5 Å². The van der Waals surface area contributed by atoms with Gasteiger partial charge in [-0.25, -0.2) is 17.7 Å². The molecule has 0 atom stereocenters. The zero-order chi connectivity index (χ0) is 15.9. The van der Waals surface area contributed by atoms with Gasteiger partial charge in [-0.15, -0.1) is 0 Å². The average Bonchev–Trinajstić information content (AvgIpc) is 2.45. The van der Waals surface area contributed by atoms with Crippen LogP contribution in [-0.4, -0.2) is 39.3 Å². The maximum Gasteiger partial charge on any atom is 0.242 e. The van der Waals surface area contributed by atoms with Crippen molar-refractivity contribution in [3.05, 3.63) is 29.8 Å². The fourth-order valence-electron chi connectivity index (χ4n) is 1.60. The average molecular weight is 312 g/mol.